The van der Waals surface area contributed by atoms with Gasteiger partial charge in [-0.1, -0.05) is 48.0 Å². The van der Waals surface area contributed by atoms with Gasteiger partial charge in [0.25, 0.3) is 0 Å². The minimum absolute atomic E-state index is 0.105. The highest BCUT2D eigenvalue weighted by Crippen LogP contribution is 2.36. The van der Waals surface area contributed by atoms with Crippen molar-refractivity contribution in [2.75, 3.05) is 12.4 Å². The van der Waals surface area contributed by atoms with Gasteiger partial charge in [-0.05, 0) is 65.9 Å². The highest BCUT2D eigenvalue weighted by Gasteiger charge is 2.44. The average molecular weight is 602 g/mol. The van der Waals surface area contributed by atoms with Crippen molar-refractivity contribution in [3.8, 4) is 5.75 Å². The molecule has 1 aliphatic heterocycles. The molecule has 0 bridgehead atoms. The van der Waals surface area contributed by atoms with Gasteiger partial charge in [0.2, 0.25) is 0 Å². The van der Waals surface area contributed by atoms with Crippen LogP contribution in [0.4, 0.5) is 4.79 Å². The number of hydrogen-bond donors (Lipinski definition) is 4. The lowest BCUT2D eigenvalue weighted by atomic mass is 9.90. The van der Waals surface area contributed by atoms with Crippen LogP contribution >= 0.6 is 23.4 Å². The highest BCUT2D eigenvalue weighted by atomic mass is 35.5. The zero-order chi connectivity index (χ0) is 29.5. The van der Waals surface area contributed by atoms with E-state index in [2.05, 4.69) is 4.74 Å². The van der Waals surface area contributed by atoms with E-state index in [0.29, 0.717) is 29.2 Å². The first-order valence-electron chi connectivity index (χ1n) is 13.1. The molecule has 0 spiro atoms. The number of aliphatic hydroxyl groups excluding tert-OH is 3. The van der Waals surface area contributed by atoms with Gasteiger partial charge in [0.1, 0.15) is 30.2 Å². The van der Waals surface area contributed by atoms with Crippen molar-refractivity contribution in [1.29, 1.82) is 0 Å². The molecule has 3 aromatic carbocycles. The quantitative estimate of drug-likeness (QED) is 0.155. The Bertz CT molecular complexity index is 1340. The van der Waals surface area contributed by atoms with Crippen molar-refractivity contribution in [3.05, 3.63) is 94.0 Å². The zero-order valence-electron chi connectivity index (χ0n) is 22.3. The number of carbonyl (C=O) groups is 2. The van der Waals surface area contributed by atoms with Crippen molar-refractivity contribution in [1.82, 2.24) is 0 Å². The van der Waals surface area contributed by atoms with Crippen LogP contribution in [0, 0.1) is 0 Å². The summed E-state index contributed by atoms with van der Waals surface area (Å²) in [7, 11) is 0. The van der Waals surface area contributed by atoms with Crippen molar-refractivity contribution in [3.63, 3.8) is 0 Å². The Balaban J connectivity index is 1.42. The fraction of sp³-hybridized carbons (Fsp3) is 0.333. The van der Waals surface area contributed by atoms with Crippen LogP contribution in [-0.4, -0.2) is 64.2 Å². The number of aliphatic hydroxyl groups is 3. The minimum Gasteiger partial charge on any atom is -0.494 e. The average Bonchev–Trinajstić information content (AvgIpc) is 2.94. The molecule has 0 radical (unpaired) electrons. The van der Waals surface area contributed by atoms with Crippen LogP contribution in [0.3, 0.4) is 0 Å². The third-order valence-corrected chi connectivity index (χ3v) is 8.11. The summed E-state index contributed by atoms with van der Waals surface area (Å²) in [6, 6.07) is 20.0. The number of hydrogen-bond acceptors (Lipinski definition) is 9. The van der Waals surface area contributed by atoms with E-state index in [1.54, 1.807) is 36.4 Å². The first kappa shape index (κ1) is 30.8. The van der Waals surface area contributed by atoms with Gasteiger partial charge in [0.15, 0.2) is 0 Å². The molecule has 218 valence electrons. The molecule has 1 saturated heterocycles. The highest BCUT2D eigenvalue weighted by molar-refractivity contribution is 7.99. The molecule has 3 aromatic rings. The van der Waals surface area contributed by atoms with E-state index >= 15 is 0 Å². The van der Waals surface area contributed by atoms with Crippen LogP contribution < -0.4 is 10.5 Å². The number of amides is 1. The number of benzene rings is 3. The number of primary amides is 1. The molecule has 41 heavy (non-hydrogen) atoms. The maximum Gasteiger partial charge on any atom is 0.412 e. The number of ether oxygens (including phenoxy) is 3. The second-order valence-corrected chi connectivity index (χ2v) is 11.1. The Hall–Kier alpha value is -3.12. The van der Waals surface area contributed by atoms with Gasteiger partial charge < -0.3 is 35.3 Å². The fourth-order valence-electron chi connectivity index (χ4n) is 4.56. The number of halogens is 1. The summed E-state index contributed by atoms with van der Waals surface area (Å²) in [4.78, 5) is 23.2. The molecule has 0 saturated carbocycles. The summed E-state index contributed by atoms with van der Waals surface area (Å²) < 4.78 is 16.0. The Morgan fingerprint density at radius 3 is 2.29 bits per heavy atom. The third kappa shape index (κ3) is 8.22. The van der Waals surface area contributed by atoms with E-state index in [0.717, 1.165) is 21.8 Å². The monoisotopic (exact) mass is 601 g/mol. The van der Waals surface area contributed by atoms with E-state index in [-0.39, 0.29) is 12.2 Å². The molecule has 5 N–H and O–H groups in total. The largest absolute Gasteiger partial charge is 0.494 e. The Morgan fingerprint density at radius 2 is 1.63 bits per heavy atom. The van der Waals surface area contributed by atoms with E-state index in [9.17, 15) is 24.9 Å². The van der Waals surface area contributed by atoms with Crippen molar-refractivity contribution >= 4 is 35.4 Å². The first-order valence-corrected chi connectivity index (χ1v) is 14.4. The van der Waals surface area contributed by atoms with Crippen LogP contribution in [-0.2, 0) is 27.1 Å². The molecule has 11 heteroatoms. The minimum atomic E-state index is -1.41. The normalized spacial score (nSPS) is 22.2. The smallest absolute Gasteiger partial charge is 0.412 e. The van der Waals surface area contributed by atoms with Gasteiger partial charge in [-0.2, -0.15) is 0 Å². The van der Waals surface area contributed by atoms with Crippen LogP contribution in [0.2, 0.25) is 5.02 Å². The summed E-state index contributed by atoms with van der Waals surface area (Å²) >= 11 is 7.88. The molecule has 9 nitrogen and oxygen atoms in total. The predicted octanol–water partition coefficient (Wildman–Crippen LogP) is 3.81. The Kier molecular flexibility index (Phi) is 10.7. The lowest BCUT2D eigenvalue weighted by Gasteiger charge is -2.41. The number of nitrogens with two attached hydrogens (primary N) is 1. The maximum absolute atomic E-state index is 11.6. The topological polar surface area (TPSA) is 149 Å². The maximum atomic E-state index is 11.6. The molecule has 0 aliphatic carbocycles. The van der Waals surface area contributed by atoms with Crippen LogP contribution in [0.15, 0.2) is 71.6 Å². The van der Waals surface area contributed by atoms with Gasteiger partial charge >= 0.3 is 12.1 Å². The van der Waals surface area contributed by atoms with E-state index < -0.39 is 42.6 Å². The molecule has 1 amide bonds. The molecule has 5 unspecified atom stereocenters. The summed E-state index contributed by atoms with van der Waals surface area (Å²) in [5.74, 6) is 0.323. The molecule has 1 fully saturated rings. The summed E-state index contributed by atoms with van der Waals surface area (Å²) in [6.45, 7) is 2.51. The summed E-state index contributed by atoms with van der Waals surface area (Å²) in [6.07, 6.45) is -6.43. The van der Waals surface area contributed by atoms with Gasteiger partial charge in [-0.3, -0.25) is 4.79 Å². The van der Waals surface area contributed by atoms with Crippen LogP contribution in [0.1, 0.15) is 35.3 Å². The van der Waals surface area contributed by atoms with Gasteiger partial charge in [0, 0.05) is 15.7 Å². The van der Waals surface area contributed by atoms with Crippen molar-refractivity contribution in [2.24, 2.45) is 5.73 Å². The summed E-state index contributed by atoms with van der Waals surface area (Å²) in [5, 5.41) is 32.7. The number of esters is 1. The van der Waals surface area contributed by atoms with Crippen molar-refractivity contribution < 1.29 is 39.1 Å². The van der Waals surface area contributed by atoms with Gasteiger partial charge in [-0.15, -0.1) is 11.8 Å². The standard InChI is InChI=1S/C30H32ClNO8S/c1-2-38-21-8-3-17(4-9-21)13-20-15-19(7-12-23(20)31)29-28(36)27(35)26(34)24(39-29)16-41-22-10-5-18(6-11-22)14-25(33)40-30(32)37/h3-12,15,24,26-29,34-36H,2,13-14,16H2,1H3,(H2,32,37). The van der Waals surface area contributed by atoms with Crippen LogP contribution in [0.25, 0.3) is 0 Å². The lowest BCUT2D eigenvalue weighted by Crippen LogP contribution is -2.54. The molecule has 0 aromatic heterocycles. The summed E-state index contributed by atoms with van der Waals surface area (Å²) in [5.41, 5.74) is 7.98. The number of thioether (sulfide) groups is 1. The van der Waals surface area contributed by atoms with E-state index in [4.69, 9.17) is 26.8 Å². The zero-order valence-corrected chi connectivity index (χ0v) is 23.9. The molecular formula is C30H32ClNO8S. The lowest BCUT2D eigenvalue weighted by molar-refractivity contribution is -0.218. The molecule has 1 aliphatic rings. The van der Waals surface area contributed by atoms with Gasteiger partial charge in [-0.25, -0.2) is 4.79 Å². The molecule has 4 rings (SSSR count). The number of rotatable bonds is 10. The fourth-order valence-corrected chi connectivity index (χ4v) is 5.70. The van der Waals surface area contributed by atoms with Gasteiger partial charge in [0.05, 0.1) is 19.1 Å². The third-order valence-electron chi connectivity index (χ3n) is 6.64. The SMILES string of the molecule is CCOc1ccc(Cc2cc(C3OC(CSc4ccc(CC(=O)OC(N)=O)cc4)C(O)C(O)C3O)ccc2Cl)cc1. The predicted molar refractivity (Wildman–Crippen MR) is 154 cm³/mol. The second-order valence-electron chi connectivity index (χ2n) is 9.60. The van der Waals surface area contributed by atoms with E-state index in [1.165, 1.54) is 11.8 Å². The molecule has 5 atom stereocenters. The Morgan fingerprint density at radius 1 is 0.951 bits per heavy atom. The number of carbonyl (C=O) groups excluding carboxylic acids is 2. The van der Waals surface area contributed by atoms with Crippen LogP contribution in [0.5, 0.6) is 5.75 Å². The molecular weight excluding hydrogens is 570 g/mol. The Labute approximate surface area is 247 Å². The second kappa shape index (κ2) is 14.2. The van der Waals surface area contributed by atoms with E-state index in [1.807, 2.05) is 37.3 Å². The molecule has 1 heterocycles. The van der Waals surface area contributed by atoms with Crippen molar-refractivity contribution in [2.45, 2.75) is 55.2 Å². The first-order chi connectivity index (χ1) is 19.6.